The Kier molecular flexibility index (Phi) is 4.67. The molecule has 1 aromatic rings. The first-order valence-corrected chi connectivity index (χ1v) is 11.1. The standard InChI is InChI=1S/C23H31N3O3/c1-29-19-6-4-18(5-7-19)24-22(28)26-8-2-3-20(26)21(27)25-23-12-15-9-16(13-23)11-17(10-15)14-23/h4-7,15-17,20H,2-3,8-14H2,1H3,(H,24,28)(H,25,27)/t15?,16?,17?,20-,23?/m0/s1. The molecule has 2 N–H and O–H groups in total. The summed E-state index contributed by atoms with van der Waals surface area (Å²) in [7, 11) is 1.62. The molecule has 1 saturated heterocycles. The largest absolute Gasteiger partial charge is 0.497 e. The van der Waals surface area contributed by atoms with Gasteiger partial charge in [0, 0.05) is 17.8 Å². The van der Waals surface area contributed by atoms with E-state index in [0.717, 1.165) is 55.6 Å². The van der Waals surface area contributed by atoms with Crippen molar-refractivity contribution in [3.8, 4) is 5.75 Å². The highest BCUT2D eigenvalue weighted by Gasteiger charge is 2.52. The number of hydrogen-bond donors (Lipinski definition) is 2. The van der Waals surface area contributed by atoms with Crippen molar-refractivity contribution in [1.82, 2.24) is 10.2 Å². The van der Waals surface area contributed by atoms with Gasteiger partial charge in [-0.3, -0.25) is 4.79 Å². The summed E-state index contributed by atoms with van der Waals surface area (Å²) in [6.45, 7) is 0.626. The highest BCUT2D eigenvalue weighted by molar-refractivity contribution is 5.94. The normalized spacial score (nSPS) is 34.9. The number of rotatable bonds is 4. The number of amides is 3. The van der Waals surface area contributed by atoms with E-state index in [1.807, 2.05) is 24.3 Å². The van der Waals surface area contributed by atoms with Gasteiger partial charge in [-0.1, -0.05) is 0 Å². The van der Waals surface area contributed by atoms with Crippen LogP contribution in [0.3, 0.4) is 0 Å². The number of nitrogens with zero attached hydrogens (tertiary/aromatic N) is 1. The third-order valence-corrected chi connectivity index (χ3v) is 7.58. The monoisotopic (exact) mass is 397 g/mol. The van der Waals surface area contributed by atoms with Crippen molar-refractivity contribution < 1.29 is 14.3 Å². The molecule has 0 spiro atoms. The van der Waals surface area contributed by atoms with Crippen LogP contribution in [0, 0.1) is 17.8 Å². The quantitative estimate of drug-likeness (QED) is 0.812. The second kappa shape index (κ2) is 7.22. The van der Waals surface area contributed by atoms with E-state index in [4.69, 9.17) is 4.74 Å². The Balaban J connectivity index is 1.24. The van der Waals surface area contributed by atoms with Crippen molar-refractivity contribution in [2.75, 3.05) is 19.0 Å². The molecular formula is C23H31N3O3. The van der Waals surface area contributed by atoms with E-state index in [9.17, 15) is 9.59 Å². The predicted molar refractivity (Wildman–Crippen MR) is 111 cm³/mol. The SMILES string of the molecule is COc1ccc(NC(=O)N2CCC[C@H]2C(=O)NC23CC4CC(CC(C4)C2)C3)cc1. The zero-order valence-corrected chi connectivity index (χ0v) is 17.2. The number of nitrogens with one attached hydrogen (secondary N) is 2. The summed E-state index contributed by atoms with van der Waals surface area (Å²) >= 11 is 0. The first-order chi connectivity index (χ1) is 14.0. The van der Waals surface area contributed by atoms with E-state index in [1.165, 1.54) is 19.3 Å². The molecule has 0 aromatic heterocycles. The number of likely N-dealkylation sites (tertiary alicyclic amines) is 1. The van der Waals surface area contributed by atoms with Crippen molar-refractivity contribution in [3.05, 3.63) is 24.3 Å². The topological polar surface area (TPSA) is 70.7 Å². The smallest absolute Gasteiger partial charge is 0.322 e. The van der Waals surface area contributed by atoms with Crippen LogP contribution in [0.2, 0.25) is 0 Å². The third kappa shape index (κ3) is 3.58. The Morgan fingerprint density at radius 2 is 1.66 bits per heavy atom. The number of hydrogen-bond acceptors (Lipinski definition) is 3. The molecule has 1 atom stereocenters. The Morgan fingerprint density at radius 1 is 1.03 bits per heavy atom. The van der Waals surface area contributed by atoms with Gasteiger partial charge in [0.05, 0.1) is 7.11 Å². The van der Waals surface area contributed by atoms with Gasteiger partial charge < -0.3 is 20.3 Å². The molecule has 0 unspecified atom stereocenters. The van der Waals surface area contributed by atoms with Gasteiger partial charge in [0.25, 0.3) is 0 Å². The summed E-state index contributed by atoms with van der Waals surface area (Å²) in [5.41, 5.74) is 0.704. The number of carbonyl (C=O) groups is 2. The highest BCUT2D eigenvalue weighted by atomic mass is 16.5. The lowest BCUT2D eigenvalue weighted by Gasteiger charge is -2.57. The first kappa shape index (κ1) is 18.8. The van der Waals surface area contributed by atoms with Gasteiger partial charge in [-0.25, -0.2) is 4.79 Å². The average molecular weight is 398 g/mol. The van der Waals surface area contributed by atoms with Crippen LogP contribution in [0.25, 0.3) is 0 Å². The number of carbonyl (C=O) groups excluding carboxylic acids is 2. The number of ether oxygens (including phenoxy) is 1. The van der Waals surface area contributed by atoms with Crippen LogP contribution >= 0.6 is 0 Å². The lowest BCUT2D eigenvalue weighted by molar-refractivity contribution is -0.130. The minimum atomic E-state index is -0.360. The van der Waals surface area contributed by atoms with Gasteiger partial charge in [-0.2, -0.15) is 0 Å². The van der Waals surface area contributed by atoms with E-state index in [1.54, 1.807) is 12.0 Å². The van der Waals surface area contributed by atoms with E-state index >= 15 is 0 Å². The Hall–Kier alpha value is -2.24. The molecule has 3 amide bonds. The van der Waals surface area contributed by atoms with Crippen LogP contribution in [-0.4, -0.2) is 42.1 Å². The zero-order chi connectivity index (χ0) is 20.0. The summed E-state index contributed by atoms with van der Waals surface area (Å²) in [6, 6.07) is 6.71. The number of anilines is 1. The fraction of sp³-hybridized carbons (Fsp3) is 0.652. The summed E-state index contributed by atoms with van der Waals surface area (Å²) in [6.07, 6.45) is 9.09. The summed E-state index contributed by atoms with van der Waals surface area (Å²) in [4.78, 5) is 27.8. The summed E-state index contributed by atoms with van der Waals surface area (Å²) in [5.74, 6) is 3.17. The van der Waals surface area contributed by atoms with Crippen molar-refractivity contribution in [1.29, 1.82) is 0 Å². The van der Waals surface area contributed by atoms with Crippen LogP contribution in [0.15, 0.2) is 24.3 Å². The molecule has 29 heavy (non-hydrogen) atoms. The van der Waals surface area contributed by atoms with E-state index in [-0.39, 0.29) is 23.5 Å². The van der Waals surface area contributed by atoms with Crippen molar-refractivity contribution in [2.24, 2.45) is 17.8 Å². The lowest BCUT2D eigenvalue weighted by atomic mass is 9.53. The van der Waals surface area contributed by atoms with Gasteiger partial charge in [0.2, 0.25) is 5.91 Å². The fourth-order valence-corrected chi connectivity index (χ4v) is 6.76. The van der Waals surface area contributed by atoms with E-state index < -0.39 is 0 Å². The van der Waals surface area contributed by atoms with Crippen molar-refractivity contribution in [2.45, 2.75) is 62.9 Å². The third-order valence-electron chi connectivity index (χ3n) is 7.58. The molecule has 5 fully saturated rings. The van der Waals surface area contributed by atoms with Gasteiger partial charge in [0.1, 0.15) is 11.8 Å². The Bertz CT molecular complexity index is 756. The van der Waals surface area contributed by atoms with Crippen molar-refractivity contribution in [3.63, 3.8) is 0 Å². The van der Waals surface area contributed by atoms with E-state index in [2.05, 4.69) is 10.6 Å². The highest BCUT2D eigenvalue weighted by Crippen LogP contribution is 2.55. The molecule has 5 aliphatic rings. The molecule has 1 aliphatic heterocycles. The number of methoxy groups -OCH3 is 1. The van der Waals surface area contributed by atoms with Gasteiger partial charge in [0.15, 0.2) is 0 Å². The number of benzene rings is 1. The first-order valence-electron chi connectivity index (χ1n) is 11.1. The Morgan fingerprint density at radius 3 is 2.24 bits per heavy atom. The minimum absolute atomic E-state index is 0.00739. The fourth-order valence-electron chi connectivity index (χ4n) is 6.76. The molecule has 0 radical (unpaired) electrons. The predicted octanol–water partition coefficient (Wildman–Crippen LogP) is 3.78. The second-order valence-corrected chi connectivity index (χ2v) is 9.70. The van der Waals surface area contributed by atoms with Crippen LogP contribution in [0.5, 0.6) is 5.75 Å². The lowest BCUT2D eigenvalue weighted by Crippen LogP contribution is -2.62. The van der Waals surface area contributed by atoms with Crippen molar-refractivity contribution >= 4 is 17.6 Å². The molecule has 6 heteroatoms. The molecule has 4 aliphatic carbocycles. The summed E-state index contributed by atoms with van der Waals surface area (Å²) < 4.78 is 5.16. The average Bonchev–Trinajstić information content (AvgIpc) is 3.17. The van der Waals surface area contributed by atoms with Crippen LogP contribution in [0.1, 0.15) is 51.4 Å². The molecule has 4 saturated carbocycles. The molecular weight excluding hydrogens is 366 g/mol. The summed E-state index contributed by atoms with van der Waals surface area (Å²) in [5, 5.41) is 6.38. The Labute approximate surface area is 172 Å². The molecule has 156 valence electrons. The van der Waals surface area contributed by atoms with Gasteiger partial charge >= 0.3 is 6.03 Å². The second-order valence-electron chi connectivity index (χ2n) is 9.70. The maximum atomic E-state index is 13.2. The van der Waals surface area contributed by atoms with E-state index in [0.29, 0.717) is 12.2 Å². The molecule has 1 heterocycles. The molecule has 6 rings (SSSR count). The van der Waals surface area contributed by atoms with Crippen LogP contribution < -0.4 is 15.4 Å². The van der Waals surface area contributed by atoms with Gasteiger partial charge in [-0.15, -0.1) is 0 Å². The molecule has 1 aromatic carbocycles. The molecule has 6 nitrogen and oxygen atoms in total. The van der Waals surface area contributed by atoms with Crippen LogP contribution in [0.4, 0.5) is 10.5 Å². The van der Waals surface area contributed by atoms with Gasteiger partial charge in [-0.05, 0) is 93.4 Å². The number of urea groups is 1. The molecule has 4 bridgehead atoms. The zero-order valence-electron chi connectivity index (χ0n) is 17.2. The maximum absolute atomic E-state index is 13.2. The maximum Gasteiger partial charge on any atom is 0.322 e. The minimum Gasteiger partial charge on any atom is -0.497 e. The van der Waals surface area contributed by atoms with Crippen LogP contribution in [-0.2, 0) is 4.79 Å².